The highest BCUT2D eigenvalue weighted by atomic mass is 35.5. The summed E-state index contributed by atoms with van der Waals surface area (Å²) < 4.78 is 26.0. The molecule has 0 heterocycles. The van der Waals surface area contributed by atoms with Crippen LogP contribution in [0.3, 0.4) is 0 Å². The summed E-state index contributed by atoms with van der Waals surface area (Å²) in [6, 6.07) is 10.0. The third kappa shape index (κ3) is 8.05. The molecule has 7 nitrogen and oxygen atoms in total. The fourth-order valence-corrected chi connectivity index (χ4v) is 4.53. The Morgan fingerprint density at radius 2 is 1.56 bits per heavy atom. The van der Waals surface area contributed by atoms with Crippen LogP contribution >= 0.6 is 34.8 Å². The summed E-state index contributed by atoms with van der Waals surface area (Å²) in [6.07, 6.45) is 1.01. The lowest BCUT2D eigenvalue weighted by molar-refractivity contribution is -0.139. The number of amides is 2. The molecule has 0 fully saturated rings. The summed E-state index contributed by atoms with van der Waals surface area (Å²) in [5, 5.41) is 4.01. The summed E-state index contributed by atoms with van der Waals surface area (Å²) in [6.45, 7) is 5.42. The summed E-state index contributed by atoms with van der Waals surface area (Å²) in [5.41, 5.74) is 0.849. The highest BCUT2D eigenvalue weighted by molar-refractivity contribution is 7.92. The number of hydrogen-bond acceptors (Lipinski definition) is 4. The largest absolute Gasteiger partial charge is 0.354 e. The molecule has 0 aliphatic heterocycles. The monoisotopic (exact) mass is 547 g/mol. The maximum atomic E-state index is 13.5. The van der Waals surface area contributed by atoms with Crippen molar-refractivity contribution in [1.29, 1.82) is 0 Å². The predicted octanol–water partition coefficient (Wildman–Crippen LogP) is 4.60. The highest BCUT2D eigenvalue weighted by Crippen LogP contribution is 2.25. The Hall–Kier alpha value is -2.00. The van der Waals surface area contributed by atoms with Crippen LogP contribution in [0.25, 0.3) is 0 Å². The number of halogens is 3. The van der Waals surface area contributed by atoms with Crippen molar-refractivity contribution in [2.75, 3.05) is 23.7 Å². The van der Waals surface area contributed by atoms with Crippen LogP contribution in [0, 0.1) is 5.92 Å². The Kier molecular flexibility index (Phi) is 10.1. The highest BCUT2D eigenvalue weighted by Gasteiger charge is 2.30. The number of benzene rings is 2. The summed E-state index contributed by atoms with van der Waals surface area (Å²) in [4.78, 5) is 27.6. The van der Waals surface area contributed by atoms with E-state index in [1.54, 1.807) is 25.1 Å². The minimum absolute atomic E-state index is 0.0106. The second kappa shape index (κ2) is 12.1. The van der Waals surface area contributed by atoms with Gasteiger partial charge in [0, 0.05) is 28.2 Å². The summed E-state index contributed by atoms with van der Waals surface area (Å²) in [5.74, 6) is -0.709. The Morgan fingerprint density at radius 3 is 2.09 bits per heavy atom. The molecule has 2 amide bonds. The van der Waals surface area contributed by atoms with Gasteiger partial charge in [-0.1, -0.05) is 54.7 Å². The summed E-state index contributed by atoms with van der Waals surface area (Å²) in [7, 11) is -3.81. The molecule has 0 saturated heterocycles. The molecular formula is C23H28Cl3N3O4S. The Balaban J connectivity index is 2.39. The molecule has 0 spiro atoms. The van der Waals surface area contributed by atoms with Gasteiger partial charge in [0.15, 0.2) is 0 Å². The Bertz CT molecular complexity index is 1120. The second-order valence-electron chi connectivity index (χ2n) is 8.32. The van der Waals surface area contributed by atoms with Crippen molar-refractivity contribution in [3.05, 3.63) is 63.1 Å². The van der Waals surface area contributed by atoms with Crippen LogP contribution in [0.2, 0.25) is 15.1 Å². The van der Waals surface area contributed by atoms with Gasteiger partial charge in [0.1, 0.15) is 12.6 Å². The van der Waals surface area contributed by atoms with E-state index in [1.165, 1.54) is 29.2 Å². The van der Waals surface area contributed by atoms with Gasteiger partial charge in [-0.25, -0.2) is 8.42 Å². The van der Waals surface area contributed by atoms with Gasteiger partial charge >= 0.3 is 0 Å². The number of anilines is 1. The van der Waals surface area contributed by atoms with Gasteiger partial charge in [0.25, 0.3) is 0 Å². The molecule has 0 bridgehead atoms. The van der Waals surface area contributed by atoms with Crippen LogP contribution in [0.15, 0.2) is 42.5 Å². The third-order valence-corrected chi connectivity index (χ3v) is 6.98. The molecule has 11 heteroatoms. The number of nitrogens with one attached hydrogen (secondary N) is 1. The molecule has 1 atom stereocenters. The standard InChI is InChI=1S/C23H28Cl3N3O4S/c1-15(2)12-27-23(31)16(3)28(13-17-5-6-19(25)11-21(17)26)22(30)14-29(34(4,32)33)20-9-7-18(24)8-10-20/h5-11,15-16H,12-14H2,1-4H3,(H,27,31)/t16-/m1/s1. The summed E-state index contributed by atoms with van der Waals surface area (Å²) >= 11 is 18.2. The maximum Gasteiger partial charge on any atom is 0.244 e. The van der Waals surface area contributed by atoms with E-state index in [0.717, 1.165) is 10.6 Å². The molecule has 186 valence electrons. The number of nitrogens with zero attached hydrogens (tertiary/aromatic N) is 2. The fraction of sp³-hybridized carbons (Fsp3) is 0.391. The van der Waals surface area contributed by atoms with Gasteiger partial charge in [0.2, 0.25) is 21.8 Å². The molecule has 2 aromatic carbocycles. The van der Waals surface area contributed by atoms with Crippen LogP contribution in [0.1, 0.15) is 26.3 Å². The van der Waals surface area contributed by atoms with Crippen LogP contribution in [0.4, 0.5) is 5.69 Å². The van der Waals surface area contributed by atoms with E-state index in [1.807, 2.05) is 13.8 Å². The molecular weight excluding hydrogens is 521 g/mol. The van der Waals surface area contributed by atoms with E-state index in [-0.39, 0.29) is 24.1 Å². The SMILES string of the molecule is CC(C)CNC(=O)[C@@H](C)N(Cc1ccc(Cl)cc1Cl)C(=O)CN(c1ccc(Cl)cc1)S(C)(=O)=O. The van der Waals surface area contributed by atoms with E-state index >= 15 is 0 Å². The van der Waals surface area contributed by atoms with Crippen molar-refractivity contribution in [3.8, 4) is 0 Å². The normalized spacial score (nSPS) is 12.4. The van der Waals surface area contributed by atoms with Gasteiger partial charge in [-0.2, -0.15) is 0 Å². The first-order valence-corrected chi connectivity index (χ1v) is 13.5. The van der Waals surface area contributed by atoms with E-state index < -0.39 is 28.5 Å². The van der Waals surface area contributed by atoms with Crippen LogP contribution < -0.4 is 9.62 Å². The Morgan fingerprint density at radius 1 is 0.971 bits per heavy atom. The molecule has 2 rings (SSSR count). The van der Waals surface area contributed by atoms with Crippen molar-refractivity contribution < 1.29 is 18.0 Å². The molecule has 2 aromatic rings. The average Bonchev–Trinajstić information content (AvgIpc) is 2.74. The van der Waals surface area contributed by atoms with E-state index in [0.29, 0.717) is 27.2 Å². The van der Waals surface area contributed by atoms with E-state index in [4.69, 9.17) is 34.8 Å². The molecule has 0 aromatic heterocycles. The number of carbonyl (C=O) groups excluding carboxylic acids is 2. The van der Waals surface area contributed by atoms with Gasteiger partial charge in [0.05, 0.1) is 11.9 Å². The van der Waals surface area contributed by atoms with Crippen molar-refractivity contribution >= 4 is 62.3 Å². The van der Waals surface area contributed by atoms with Crippen molar-refractivity contribution in [1.82, 2.24) is 10.2 Å². The predicted molar refractivity (Wildman–Crippen MR) is 138 cm³/mol. The van der Waals surface area contributed by atoms with Crippen molar-refractivity contribution in [3.63, 3.8) is 0 Å². The van der Waals surface area contributed by atoms with E-state index in [9.17, 15) is 18.0 Å². The number of rotatable bonds is 10. The van der Waals surface area contributed by atoms with Gasteiger partial charge in [-0.15, -0.1) is 0 Å². The van der Waals surface area contributed by atoms with Gasteiger partial charge in [-0.05, 0) is 54.8 Å². The zero-order chi connectivity index (χ0) is 25.6. The number of hydrogen-bond donors (Lipinski definition) is 1. The van der Waals surface area contributed by atoms with Crippen LogP contribution in [-0.2, 0) is 26.2 Å². The fourth-order valence-electron chi connectivity index (χ4n) is 3.09. The van der Waals surface area contributed by atoms with Crippen LogP contribution in [0.5, 0.6) is 0 Å². The smallest absolute Gasteiger partial charge is 0.244 e. The lowest BCUT2D eigenvalue weighted by Gasteiger charge is -2.31. The quantitative estimate of drug-likeness (QED) is 0.470. The molecule has 0 radical (unpaired) electrons. The lowest BCUT2D eigenvalue weighted by Crippen LogP contribution is -2.51. The minimum atomic E-state index is -3.81. The minimum Gasteiger partial charge on any atom is -0.354 e. The molecule has 1 N–H and O–H groups in total. The Labute approximate surface area is 216 Å². The first-order valence-electron chi connectivity index (χ1n) is 10.5. The van der Waals surface area contributed by atoms with Crippen LogP contribution in [-0.4, -0.2) is 50.5 Å². The average molecular weight is 549 g/mol. The molecule has 0 saturated carbocycles. The number of sulfonamides is 1. The maximum absolute atomic E-state index is 13.5. The molecule has 0 unspecified atom stereocenters. The first-order chi connectivity index (χ1) is 15.8. The zero-order valence-electron chi connectivity index (χ0n) is 19.4. The van der Waals surface area contributed by atoms with E-state index in [2.05, 4.69) is 5.32 Å². The first kappa shape index (κ1) is 28.2. The molecule has 34 heavy (non-hydrogen) atoms. The van der Waals surface area contributed by atoms with Crippen molar-refractivity contribution in [2.24, 2.45) is 5.92 Å². The van der Waals surface area contributed by atoms with Gasteiger partial charge in [-0.3, -0.25) is 13.9 Å². The lowest BCUT2D eigenvalue weighted by atomic mass is 10.1. The van der Waals surface area contributed by atoms with Crippen molar-refractivity contribution in [2.45, 2.75) is 33.4 Å². The molecule has 0 aliphatic rings. The zero-order valence-corrected chi connectivity index (χ0v) is 22.5. The molecule has 0 aliphatic carbocycles. The topological polar surface area (TPSA) is 86.8 Å². The van der Waals surface area contributed by atoms with Gasteiger partial charge < -0.3 is 10.2 Å². The third-order valence-electron chi connectivity index (χ3n) is 5.00. The second-order valence-corrected chi connectivity index (χ2v) is 11.5. The number of carbonyl (C=O) groups is 2.